The van der Waals surface area contributed by atoms with Crippen LogP contribution in [0.4, 0.5) is 0 Å². The summed E-state index contributed by atoms with van der Waals surface area (Å²) >= 11 is 5.22. The molecule has 1 aromatic rings. The van der Waals surface area contributed by atoms with Crippen LogP contribution < -0.4 is 5.32 Å². The summed E-state index contributed by atoms with van der Waals surface area (Å²) in [7, 11) is 0. The Morgan fingerprint density at radius 1 is 1.36 bits per heavy atom. The molecule has 2 atom stereocenters. The standard InChI is InChI=1S/C16H21N3O2S/c1-12-15(20)19(16(22)17-12)11-14-10-18(7-8-21-14)9-13-5-3-2-4-6-13/h2-6,12,14H,7-11H2,1H3,(H,17,22). The Labute approximate surface area is 136 Å². The van der Waals surface area contributed by atoms with Gasteiger partial charge in [-0.15, -0.1) is 0 Å². The predicted octanol–water partition coefficient (Wildman–Crippen LogP) is 0.993. The second-order valence-corrected chi connectivity index (χ2v) is 6.22. The lowest BCUT2D eigenvalue weighted by atomic mass is 10.2. The van der Waals surface area contributed by atoms with Crippen molar-refractivity contribution in [2.24, 2.45) is 0 Å². The van der Waals surface area contributed by atoms with Crippen LogP contribution in [-0.2, 0) is 16.1 Å². The Kier molecular flexibility index (Phi) is 4.71. The quantitative estimate of drug-likeness (QED) is 0.839. The molecule has 0 spiro atoms. The van der Waals surface area contributed by atoms with Crippen molar-refractivity contribution in [3.8, 4) is 0 Å². The number of amides is 1. The van der Waals surface area contributed by atoms with Gasteiger partial charge in [-0.25, -0.2) is 0 Å². The second kappa shape index (κ2) is 6.73. The highest BCUT2D eigenvalue weighted by atomic mass is 32.1. The van der Waals surface area contributed by atoms with Crippen LogP contribution in [0.25, 0.3) is 0 Å². The Bertz CT molecular complexity index is 552. The first kappa shape index (κ1) is 15.4. The average molecular weight is 319 g/mol. The van der Waals surface area contributed by atoms with Gasteiger partial charge in [-0.1, -0.05) is 30.3 Å². The average Bonchev–Trinajstić information content (AvgIpc) is 2.75. The van der Waals surface area contributed by atoms with E-state index in [9.17, 15) is 4.79 Å². The first-order valence-electron chi connectivity index (χ1n) is 7.63. The summed E-state index contributed by atoms with van der Waals surface area (Å²) in [6.45, 7) is 5.69. The Hall–Kier alpha value is -1.50. The van der Waals surface area contributed by atoms with Crippen LogP contribution in [0.3, 0.4) is 0 Å². The molecule has 0 aliphatic carbocycles. The summed E-state index contributed by atoms with van der Waals surface area (Å²) in [5.41, 5.74) is 1.30. The molecule has 2 saturated heterocycles. The largest absolute Gasteiger partial charge is 0.374 e. The van der Waals surface area contributed by atoms with Crippen LogP contribution >= 0.6 is 12.2 Å². The Morgan fingerprint density at radius 3 is 2.82 bits per heavy atom. The Morgan fingerprint density at radius 2 is 2.14 bits per heavy atom. The van der Waals surface area contributed by atoms with E-state index in [4.69, 9.17) is 17.0 Å². The van der Waals surface area contributed by atoms with Crippen molar-refractivity contribution in [1.29, 1.82) is 0 Å². The molecular formula is C16H21N3O2S. The topological polar surface area (TPSA) is 44.8 Å². The molecule has 2 fully saturated rings. The summed E-state index contributed by atoms with van der Waals surface area (Å²) in [6, 6.07) is 10.2. The summed E-state index contributed by atoms with van der Waals surface area (Å²) in [4.78, 5) is 16.1. The lowest BCUT2D eigenvalue weighted by molar-refractivity contribution is -0.129. The minimum Gasteiger partial charge on any atom is -0.374 e. The summed E-state index contributed by atoms with van der Waals surface area (Å²) in [5.74, 6) is 0.0359. The summed E-state index contributed by atoms with van der Waals surface area (Å²) in [6.07, 6.45) is 0.00598. The van der Waals surface area contributed by atoms with Gasteiger partial charge in [-0.05, 0) is 24.7 Å². The number of carbonyl (C=O) groups is 1. The Balaban J connectivity index is 1.57. The third kappa shape index (κ3) is 3.45. The number of morpholine rings is 1. The molecule has 1 amide bonds. The summed E-state index contributed by atoms with van der Waals surface area (Å²) < 4.78 is 5.82. The van der Waals surface area contributed by atoms with Crippen molar-refractivity contribution < 1.29 is 9.53 Å². The van der Waals surface area contributed by atoms with Crippen LogP contribution in [0, 0.1) is 0 Å². The first-order valence-corrected chi connectivity index (χ1v) is 8.04. The van der Waals surface area contributed by atoms with Crippen LogP contribution in [-0.4, -0.2) is 59.2 Å². The van der Waals surface area contributed by atoms with Gasteiger partial charge in [0.25, 0.3) is 5.91 Å². The van der Waals surface area contributed by atoms with Gasteiger partial charge in [0.1, 0.15) is 6.04 Å². The van der Waals surface area contributed by atoms with Gasteiger partial charge in [0.2, 0.25) is 0 Å². The molecule has 0 saturated carbocycles. The summed E-state index contributed by atoms with van der Waals surface area (Å²) in [5, 5.41) is 3.51. The van der Waals surface area contributed by atoms with Crippen molar-refractivity contribution in [2.75, 3.05) is 26.2 Å². The fourth-order valence-electron chi connectivity index (χ4n) is 2.91. The molecule has 2 aliphatic heterocycles. The second-order valence-electron chi connectivity index (χ2n) is 5.83. The fraction of sp³-hybridized carbons (Fsp3) is 0.500. The van der Waals surface area contributed by atoms with Crippen molar-refractivity contribution in [3.05, 3.63) is 35.9 Å². The van der Waals surface area contributed by atoms with E-state index in [0.29, 0.717) is 18.3 Å². The molecule has 0 bridgehead atoms. The van der Waals surface area contributed by atoms with E-state index in [0.717, 1.165) is 19.6 Å². The zero-order valence-electron chi connectivity index (χ0n) is 12.7. The minimum absolute atomic E-state index is 0.00598. The van der Waals surface area contributed by atoms with Gasteiger partial charge >= 0.3 is 0 Å². The van der Waals surface area contributed by atoms with Crippen LogP contribution in [0.1, 0.15) is 12.5 Å². The van der Waals surface area contributed by atoms with E-state index in [1.54, 1.807) is 4.90 Å². The van der Waals surface area contributed by atoms with Crippen molar-refractivity contribution >= 4 is 23.2 Å². The highest BCUT2D eigenvalue weighted by molar-refractivity contribution is 7.80. The van der Waals surface area contributed by atoms with Crippen LogP contribution in [0.2, 0.25) is 0 Å². The molecule has 0 aromatic heterocycles. The van der Waals surface area contributed by atoms with Crippen LogP contribution in [0.5, 0.6) is 0 Å². The van der Waals surface area contributed by atoms with E-state index in [-0.39, 0.29) is 18.1 Å². The zero-order chi connectivity index (χ0) is 15.5. The molecular weight excluding hydrogens is 298 g/mol. The van der Waals surface area contributed by atoms with Crippen molar-refractivity contribution in [2.45, 2.75) is 25.6 Å². The number of rotatable bonds is 4. The minimum atomic E-state index is -0.225. The normalized spacial score (nSPS) is 26.3. The van der Waals surface area contributed by atoms with Gasteiger partial charge in [0, 0.05) is 19.6 Å². The van der Waals surface area contributed by atoms with Crippen molar-refractivity contribution in [1.82, 2.24) is 15.1 Å². The molecule has 1 aromatic carbocycles. The molecule has 0 radical (unpaired) electrons. The van der Waals surface area contributed by atoms with Crippen molar-refractivity contribution in [3.63, 3.8) is 0 Å². The zero-order valence-corrected chi connectivity index (χ0v) is 13.5. The number of ether oxygens (including phenoxy) is 1. The molecule has 5 nitrogen and oxygen atoms in total. The third-order valence-corrected chi connectivity index (χ3v) is 4.42. The molecule has 2 heterocycles. The van der Waals surface area contributed by atoms with E-state index in [1.165, 1.54) is 5.56 Å². The maximum absolute atomic E-state index is 12.1. The van der Waals surface area contributed by atoms with E-state index in [2.05, 4.69) is 34.5 Å². The van der Waals surface area contributed by atoms with Gasteiger partial charge in [-0.3, -0.25) is 14.6 Å². The first-order chi connectivity index (χ1) is 10.6. The van der Waals surface area contributed by atoms with E-state index >= 15 is 0 Å². The highest BCUT2D eigenvalue weighted by Crippen LogP contribution is 2.14. The maximum Gasteiger partial charge on any atom is 0.251 e. The number of carbonyl (C=O) groups excluding carboxylic acids is 1. The lowest BCUT2D eigenvalue weighted by Crippen LogP contribution is -2.48. The lowest BCUT2D eigenvalue weighted by Gasteiger charge is -2.34. The predicted molar refractivity (Wildman–Crippen MR) is 88.4 cm³/mol. The fourth-order valence-corrected chi connectivity index (χ4v) is 3.25. The molecule has 2 unspecified atom stereocenters. The molecule has 22 heavy (non-hydrogen) atoms. The maximum atomic E-state index is 12.1. The van der Waals surface area contributed by atoms with Crippen LogP contribution in [0.15, 0.2) is 30.3 Å². The van der Waals surface area contributed by atoms with Gasteiger partial charge in [0.15, 0.2) is 5.11 Å². The third-order valence-electron chi connectivity index (χ3n) is 4.08. The number of hydrogen-bond donors (Lipinski definition) is 1. The van der Waals surface area contributed by atoms with Gasteiger partial charge in [0.05, 0.1) is 19.3 Å². The van der Waals surface area contributed by atoms with Gasteiger partial charge in [-0.2, -0.15) is 0 Å². The van der Waals surface area contributed by atoms with E-state index < -0.39 is 0 Å². The molecule has 2 aliphatic rings. The highest BCUT2D eigenvalue weighted by Gasteiger charge is 2.34. The number of benzene rings is 1. The van der Waals surface area contributed by atoms with Gasteiger partial charge < -0.3 is 10.1 Å². The molecule has 118 valence electrons. The monoisotopic (exact) mass is 319 g/mol. The SMILES string of the molecule is CC1NC(=S)N(CC2CN(Cc3ccccc3)CCO2)C1=O. The number of thiocarbonyl (C=S) groups is 1. The number of nitrogens with one attached hydrogen (secondary N) is 1. The van der Waals surface area contributed by atoms with E-state index in [1.807, 2.05) is 13.0 Å². The molecule has 6 heteroatoms. The number of nitrogens with zero attached hydrogens (tertiary/aromatic N) is 2. The number of hydrogen-bond acceptors (Lipinski definition) is 4. The molecule has 3 rings (SSSR count). The smallest absolute Gasteiger partial charge is 0.251 e. The molecule has 1 N–H and O–H groups in total.